The molecule has 0 aliphatic carbocycles. The fourth-order valence-corrected chi connectivity index (χ4v) is 2.71. The van der Waals surface area contributed by atoms with Gasteiger partial charge in [-0.15, -0.1) is 0 Å². The van der Waals surface area contributed by atoms with Gasteiger partial charge in [0.05, 0.1) is 25.3 Å². The lowest BCUT2D eigenvalue weighted by Crippen LogP contribution is -2.46. The molecule has 0 aromatic rings. The van der Waals surface area contributed by atoms with Crippen molar-refractivity contribution in [2.24, 2.45) is 5.92 Å². The largest absolute Gasteiger partial charge is 0.378 e. The summed E-state index contributed by atoms with van der Waals surface area (Å²) in [6, 6.07) is 0.0357. The van der Waals surface area contributed by atoms with E-state index in [1.54, 1.807) is 7.11 Å². The Morgan fingerprint density at radius 2 is 2.38 bits per heavy atom. The van der Waals surface area contributed by atoms with Gasteiger partial charge in [-0.3, -0.25) is 0 Å². The van der Waals surface area contributed by atoms with Crippen LogP contribution in [0.2, 0.25) is 0 Å². The molecule has 4 atom stereocenters. The highest BCUT2D eigenvalue weighted by Gasteiger charge is 2.59. The van der Waals surface area contributed by atoms with Gasteiger partial charge in [0.25, 0.3) is 0 Å². The van der Waals surface area contributed by atoms with E-state index < -0.39 is 0 Å². The molecule has 2 aliphatic heterocycles. The Morgan fingerprint density at radius 1 is 1.69 bits per heavy atom. The van der Waals surface area contributed by atoms with E-state index in [1.165, 1.54) is 0 Å². The van der Waals surface area contributed by atoms with Crippen molar-refractivity contribution in [2.45, 2.75) is 37.9 Å². The summed E-state index contributed by atoms with van der Waals surface area (Å²) < 4.78 is 5.80. The van der Waals surface area contributed by atoms with Crippen molar-refractivity contribution in [3.05, 3.63) is 0 Å². The highest BCUT2D eigenvalue weighted by Crippen LogP contribution is 2.46. The number of morpholine rings is 1. The van der Waals surface area contributed by atoms with E-state index in [9.17, 15) is 0 Å². The first-order valence-corrected chi connectivity index (χ1v) is 4.89. The minimum absolute atomic E-state index is 0.0694. The minimum Gasteiger partial charge on any atom is -0.378 e. The van der Waals surface area contributed by atoms with Crippen LogP contribution in [-0.4, -0.2) is 44.2 Å². The molecule has 13 heavy (non-hydrogen) atoms. The normalized spacial score (nSPS) is 50.2. The summed E-state index contributed by atoms with van der Waals surface area (Å²) in [5, 5.41) is 1.96. The molecule has 2 heterocycles. The Morgan fingerprint density at radius 3 is 2.77 bits per heavy atom. The molecule has 0 N–H and O–H groups in total. The van der Waals surface area contributed by atoms with Gasteiger partial charge in [0, 0.05) is 11.9 Å². The fourth-order valence-electron chi connectivity index (χ4n) is 2.71. The summed E-state index contributed by atoms with van der Waals surface area (Å²) in [6.07, 6.45) is 0.998. The lowest BCUT2D eigenvalue weighted by atomic mass is 9.84. The van der Waals surface area contributed by atoms with Crippen LogP contribution in [0.4, 0.5) is 0 Å². The van der Waals surface area contributed by atoms with Crippen LogP contribution in [0.15, 0.2) is 0 Å². The predicted molar refractivity (Wildman–Crippen MR) is 50.3 cm³/mol. The molecule has 1 unspecified atom stereocenters. The van der Waals surface area contributed by atoms with Crippen molar-refractivity contribution in [2.75, 3.05) is 13.7 Å². The minimum atomic E-state index is -0.191. The van der Waals surface area contributed by atoms with Crippen molar-refractivity contribution in [1.82, 2.24) is 5.06 Å². The first kappa shape index (κ1) is 9.50. The van der Waals surface area contributed by atoms with Gasteiger partial charge in [-0.05, 0) is 6.42 Å². The molecule has 0 saturated carbocycles. The number of ether oxygens (including phenoxy) is 1. The first-order chi connectivity index (χ1) is 6.14. The zero-order chi connectivity index (χ0) is 9.64. The second kappa shape index (κ2) is 2.97. The molecule has 0 amide bonds. The van der Waals surface area contributed by atoms with Gasteiger partial charge in [0.1, 0.15) is 7.85 Å². The molecule has 2 fully saturated rings. The van der Waals surface area contributed by atoms with Crippen LogP contribution in [0.25, 0.3) is 0 Å². The summed E-state index contributed by atoms with van der Waals surface area (Å²) in [5.41, 5.74) is -0.0694. The standard InChI is InChI=1S/C9H16BNO2/c1-4-9-5-11(12-3)7(6(9)2)8(10)13-9/h6-8H,4-5H2,1-3H3/t6?,7-,8+,9-/m0/s1. The van der Waals surface area contributed by atoms with E-state index in [4.69, 9.17) is 17.4 Å². The highest BCUT2D eigenvalue weighted by atomic mass is 16.7. The molecular formula is C9H16BNO2. The lowest BCUT2D eigenvalue weighted by Gasteiger charge is -2.34. The van der Waals surface area contributed by atoms with E-state index in [0.29, 0.717) is 5.92 Å². The second-order valence-corrected chi connectivity index (χ2v) is 4.04. The van der Waals surface area contributed by atoms with Gasteiger partial charge in [-0.25, -0.2) is 0 Å². The summed E-state index contributed by atoms with van der Waals surface area (Å²) in [5.74, 6) is 0.465. The number of nitrogens with zero attached hydrogens (tertiary/aromatic N) is 1. The van der Waals surface area contributed by atoms with Crippen molar-refractivity contribution in [3.63, 3.8) is 0 Å². The monoisotopic (exact) mass is 181 g/mol. The number of rotatable bonds is 2. The van der Waals surface area contributed by atoms with Gasteiger partial charge in [-0.2, -0.15) is 5.06 Å². The second-order valence-electron chi connectivity index (χ2n) is 4.04. The first-order valence-electron chi connectivity index (χ1n) is 4.89. The van der Waals surface area contributed by atoms with Crippen LogP contribution in [0, 0.1) is 5.92 Å². The maximum absolute atomic E-state index is 5.89. The third kappa shape index (κ3) is 1.09. The molecule has 0 spiro atoms. The molecule has 2 radical (unpaired) electrons. The number of fused-ring (bicyclic) bond motifs is 2. The molecule has 72 valence electrons. The van der Waals surface area contributed by atoms with Gasteiger partial charge >= 0.3 is 0 Å². The van der Waals surface area contributed by atoms with Crippen molar-refractivity contribution in [3.8, 4) is 0 Å². The van der Waals surface area contributed by atoms with Crippen molar-refractivity contribution >= 4 is 7.85 Å². The smallest absolute Gasteiger partial charge is 0.111 e. The van der Waals surface area contributed by atoms with Gasteiger partial charge in [0.15, 0.2) is 0 Å². The topological polar surface area (TPSA) is 21.7 Å². The molecule has 2 bridgehead atoms. The van der Waals surface area contributed by atoms with Gasteiger partial charge in [-0.1, -0.05) is 13.8 Å². The van der Waals surface area contributed by atoms with Crippen LogP contribution in [0.5, 0.6) is 0 Å². The molecule has 0 aromatic carbocycles. The third-order valence-electron chi connectivity index (χ3n) is 3.64. The van der Waals surface area contributed by atoms with E-state index in [0.717, 1.165) is 13.0 Å². The highest BCUT2D eigenvalue weighted by molar-refractivity contribution is 6.11. The van der Waals surface area contributed by atoms with E-state index >= 15 is 0 Å². The number of hydrogen-bond donors (Lipinski definition) is 0. The Bertz CT molecular complexity index is 214. The van der Waals surface area contributed by atoms with Crippen molar-refractivity contribution in [1.29, 1.82) is 0 Å². The Labute approximate surface area is 80.7 Å². The number of hydrogen-bond acceptors (Lipinski definition) is 3. The number of hydroxylamine groups is 2. The average molecular weight is 181 g/mol. The zero-order valence-corrected chi connectivity index (χ0v) is 8.49. The van der Waals surface area contributed by atoms with Crippen LogP contribution in [-0.2, 0) is 9.57 Å². The van der Waals surface area contributed by atoms with Crippen LogP contribution in [0.3, 0.4) is 0 Å². The van der Waals surface area contributed by atoms with Crippen LogP contribution >= 0.6 is 0 Å². The zero-order valence-electron chi connectivity index (χ0n) is 8.49. The van der Waals surface area contributed by atoms with Crippen molar-refractivity contribution < 1.29 is 9.57 Å². The lowest BCUT2D eigenvalue weighted by molar-refractivity contribution is -0.203. The summed E-state index contributed by atoms with van der Waals surface area (Å²) in [4.78, 5) is 5.29. The molecule has 4 heteroatoms. The quantitative estimate of drug-likeness (QED) is 0.580. The Balaban J connectivity index is 2.24. The van der Waals surface area contributed by atoms with E-state index in [2.05, 4.69) is 13.8 Å². The predicted octanol–water partition coefficient (Wildman–Crippen LogP) is 0.542. The Hall–Kier alpha value is -0.0551. The maximum Gasteiger partial charge on any atom is 0.111 e. The molecule has 3 nitrogen and oxygen atoms in total. The molecule has 0 aromatic heterocycles. The molecule has 2 rings (SSSR count). The third-order valence-corrected chi connectivity index (χ3v) is 3.64. The summed E-state index contributed by atoms with van der Waals surface area (Å²) in [6.45, 7) is 5.18. The molecule has 2 aliphatic rings. The van der Waals surface area contributed by atoms with E-state index in [1.807, 2.05) is 5.06 Å². The molecule has 2 saturated heterocycles. The summed E-state index contributed by atoms with van der Waals surface area (Å²) >= 11 is 0. The molecular weight excluding hydrogens is 165 g/mol. The van der Waals surface area contributed by atoms with Gasteiger partial charge in [0.2, 0.25) is 0 Å². The average Bonchev–Trinajstić information content (AvgIpc) is 2.53. The van der Waals surface area contributed by atoms with E-state index in [-0.39, 0.29) is 17.6 Å². The fraction of sp³-hybridized carbons (Fsp3) is 1.00. The van der Waals surface area contributed by atoms with Crippen LogP contribution in [0.1, 0.15) is 20.3 Å². The van der Waals surface area contributed by atoms with Gasteiger partial charge < -0.3 is 9.57 Å². The maximum atomic E-state index is 5.89. The Kier molecular flexibility index (Phi) is 2.17. The summed E-state index contributed by atoms with van der Waals surface area (Å²) in [7, 11) is 7.59. The van der Waals surface area contributed by atoms with Crippen LogP contribution < -0.4 is 0 Å². The SMILES string of the molecule is [B][C@@H]1O[C@@]2(CC)CN(OC)[C@H]1C2C.